The predicted molar refractivity (Wildman–Crippen MR) is 95.5 cm³/mol. The molecule has 0 saturated carbocycles. The summed E-state index contributed by atoms with van der Waals surface area (Å²) in [6.45, 7) is 0. The lowest BCUT2D eigenvalue weighted by Gasteiger charge is -2.03. The Morgan fingerprint density at radius 3 is 2.52 bits per heavy atom. The number of hydrogen-bond donors (Lipinski definition) is 1. The Hall–Kier alpha value is -3.07. The number of fused-ring (bicyclic) bond motifs is 4. The van der Waals surface area contributed by atoms with Crippen LogP contribution in [0.25, 0.3) is 44.2 Å². The number of aryl methyl sites for hydroxylation is 1. The number of imidazole rings is 1. The summed E-state index contributed by atoms with van der Waals surface area (Å²) in [5.41, 5.74) is 5.63. The molecule has 0 aliphatic heterocycles. The summed E-state index contributed by atoms with van der Waals surface area (Å²) < 4.78 is 2.15. The minimum absolute atomic E-state index is 0.992. The number of para-hydroxylation sites is 3. The van der Waals surface area contributed by atoms with Crippen LogP contribution >= 0.6 is 0 Å². The highest BCUT2D eigenvalue weighted by molar-refractivity contribution is 6.08. The Labute approximate surface area is 133 Å². The Morgan fingerprint density at radius 2 is 1.61 bits per heavy atom. The van der Waals surface area contributed by atoms with E-state index in [9.17, 15) is 0 Å². The first-order valence-electron chi connectivity index (χ1n) is 7.73. The standard InChI is InChI=1S/C20H15N3/c1-23-19-9-5-4-8-17(19)22-20(23)13-10-11-15-14-6-2-3-7-16(14)21-18(15)12-13/h2-12,21H,1H3. The molecule has 2 aromatic heterocycles. The lowest BCUT2D eigenvalue weighted by atomic mass is 10.1. The number of rotatable bonds is 1. The monoisotopic (exact) mass is 297 g/mol. The van der Waals surface area contributed by atoms with E-state index >= 15 is 0 Å². The van der Waals surface area contributed by atoms with Crippen LogP contribution in [-0.4, -0.2) is 14.5 Å². The highest BCUT2D eigenvalue weighted by Gasteiger charge is 2.11. The van der Waals surface area contributed by atoms with E-state index in [2.05, 4.69) is 77.3 Å². The third-order valence-electron chi connectivity index (χ3n) is 4.55. The van der Waals surface area contributed by atoms with Gasteiger partial charge >= 0.3 is 0 Å². The van der Waals surface area contributed by atoms with Crippen LogP contribution in [0.5, 0.6) is 0 Å². The van der Waals surface area contributed by atoms with Crippen molar-refractivity contribution in [3.8, 4) is 11.4 Å². The molecule has 3 nitrogen and oxygen atoms in total. The SMILES string of the molecule is Cn1c(-c2ccc3c(c2)[nH]c2ccccc23)nc2ccccc21. The molecule has 0 aliphatic rings. The zero-order valence-corrected chi connectivity index (χ0v) is 12.7. The van der Waals surface area contributed by atoms with Gasteiger partial charge in [-0.15, -0.1) is 0 Å². The fraction of sp³-hybridized carbons (Fsp3) is 0.0500. The average Bonchev–Trinajstić information content (AvgIpc) is 3.12. The zero-order chi connectivity index (χ0) is 15.4. The van der Waals surface area contributed by atoms with E-state index in [1.54, 1.807) is 0 Å². The minimum atomic E-state index is 0.992. The largest absolute Gasteiger partial charge is 0.354 e. The molecular weight excluding hydrogens is 282 g/mol. The van der Waals surface area contributed by atoms with Gasteiger partial charge in [0.1, 0.15) is 5.82 Å². The van der Waals surface area contributed by atoms with Crippen LogP contribution in [0.2, 0.25) is 0 Å². The van der Waals surface area contributed by atoms with Crippen LogP contribution < -0.4 is 0 Å². The lowest BCUT2D eigenvalue weighted by molar-refractivity contribution is 0.960. The molecule has 0 radical (unpaired) electrons. The summed E-state index contributed by atoms with van der Waals surface area (Å²) in [6.07, 6.45) is 0. The van der Waals surface area contributed by atoms with Gasteiger partial charge in [0.15, 0.2) is 0 Å². The van der Waals surface area contributed by atoms with Crippen LogP contribution in [-0.2, 0) is 7.05 Å². The number of aromatic amines is 1. The van der Waals surface area contributed by atoms with Crippen molar-refractivity contribution in [2.45, 2.75) is 0 Å². The number of benzene rings is 3. The molecular formula is C20H15N3. The Kier molecular flexibility index (Phi) is 2.42. The molecule has 2 heterocycles. The van der Waals surface area contributed by atoms with Crippen molar-refractivity contribution in [3.63, 3.8) is 0 Å². The summed E-state index contributed by atoms with van der Waals surface area (Å²) in [5.74, 6) is 0.992. The number of aromatic nitrogens is 3. The zero-order valence-electron chi connectivity index (χ0n) is 12.7. The van der Waals surface area contributed by atoms with Gasteiger partial charge in [-0.25, -0.2) is 4.98 Å². The molecule has 0 saturated heterocycles. The number of hydrogen-bond acceptors (Lipinski definition) is 1. The van der Waals surface area contributed by atoms with Gasteiger partial charge in [0.25, 0.3) is 0 Å². The summed E-state index contributed by atoms with van der Waals surface area (Å²) in [4.78, 5) is 8.30. The summed E-state index contributed by atoms with van der Waals surface area (Å²) in [5, 5.41) is 2.52. The van der Waals surface area contributed by atoms with E-state index in [4.69, 9.17) is 4.98 Å². The molecule has 0 atom stereocenters. The molecule has 5 aromatic rings. The van der Waals surface area contributed by atoms with Gasteiger partial charge in [-0.1, -0.05) is 42.5 Å². The van der Waals surface area contributed by atoms with E-state index < -0.39 is 0 Å². The third kappa shape index (κ3) is 1.73. The predicted octanol–water partition coefficient (Wildman–Crippen LogP) is 4.87. The molecule has 5 rings (SSSR count). The molecule has 0 aliphatic carbocycles. The number of nitrogens with zero attached hydrogens (tertiary/aromatic N) is 2. The Morgan fingerprint density at radius 1 is 0.826 bits per heavy atom. The topological polar surface area (TPSA) is 33.6 Å². The van der Waals surface area contributed by atoms with Gasteiger partial charge in [-0.3, -0.25) is 0 Å². The quantitative estimate of drug-likeness (QED) is 0.470. The van der Waals surface area contributed by atoms with Gasteiger partial charge < -0.3 is 9.55 Å². The van der Waals surface area contributed by atoms with Crippen molar-refractivity contribution in [1.29, 1.82) is 0 Å². The fourth-order valence-electron chi connectivity index (χ4n) is 3.40. The molecule has 3 aromatic carbocycles. The first kappa shape index (κ1) is 12.5. The second-order valence-corrected chi connectivity index (χ2v) is 5.91. The van der Waals surface area contributed by atoms with Gasteiger partial charge in [0.2, 0.25) is 0 Å². The summed E-state index contributed by atoms with van der Waals surface area (Å²) >= 11 is 0. The molecule has 0 spiro atoms. The van der Waals surface area contributed by atoms with Gasteiger partial charge in [0, 0.05) is 34.4 Å². The smallest absolute Gasteiger partial charge is 0.140 e. The average molecular weight is 297 g/mol. The van der Waals surface area contributed by atoms with Crippen molar-refractivity contribution < 1.29 is 0 Å². The maximum absolute atomic E-state index is 4.79. The first-order valence-corrected chi connectivity index (χ1v) is 7.73. The summed E-state index contributed by atoms with van der Waals surface area (Å²) in [6, 6.07) is 23.2. The van der Waals surface area contributed by atoms with E-state index in [0.717, 1.165) is 27.9 Å². The van der Waals surface area contributed by atoms with E-state index in [-0.39, 0.29) is 0 Å². The molecule has 110 valence electrons. The van der Waals surface area contributed by atoms with Crippen molar-refractivity contribution in [2.24, 2.45) is 7.05 Å². The normalized spacial score (nSPS) is 11.7. The molecule has 1 N–H and O–H groups in total. The van der Waals surface area contributed by atoms with Crippen LogP contribution in [0, 0.1) is 0 Å². The van der Waals surface area contributed by atoms with Gasteiger partial charge in [-0.05, 0) is 24.3 Å². The minimum Gasteiger partial charge on any atom is -0.354 e. The highest BCUT2D eigenvalue weighted by Crippen LogP contribution is 2.30. The van der Waals surface area contributed by atoms with Gasteiger partial charge in [0.05, 0.1) is 11.0 Å². The van der Waals surface area contributed by atoms with Crippen molar-refractivity contribution >= 4 is 32.8 Å². The molecule has 0 amide bonds. The summed E-state index contributed by atoms with van der Waals surface area (Å²) in [7, 11) is 2.07. The van der Waals surface area contributed by atoms with E-state index in [1.165, 1.54) is 16.3 Å². The molecule has 0 bridgehead atoms. The third-order valence-corrected chi connectivity index (χ3v) is 4.55. The number of H-pyrrole nitrogens is 1. The maximum Gasteiger partial charge on any atom is 0.140 e. The second kappa shape index (κ2) is 4.46. The van der Waals surface area contributed by atoms with Crippen LogP contribution in [0.1, 0.15) is 0 Å². The van der Waals surface area contributed by atoms with Crippen molar-refractivity contribution in [3.05, 3.63) is 66.7 Å². The molecule has 23 heavy (non-hydrogen) atoms. The van der Waals surface area contributed by atoms with Crippen molar-refractivity contribution in [1.82, 2.24) is 14.5 Å². The Balaban J connectivity index is 1.78. The van der Waals surface area contributed by atoms with E-state index in [1.807, 2.05) is 6.07 Å². The van der Waals surface area contributed by atoms with E-state index in [0.29, 0.717) is 0 Å². The lowest BCUT2D eigenvalue weighted by Crippen LogP contribution is -1.92. The Bertz CT molecular complexity index is 1180. The number of nitrogens with one attached hydrogen (secondary N) is 1. The van der Waals surface area contributed by atoms with Gasteiger partial charge in [-0.2, -0.15) is 0 Å². The van der Waals surface area contributed by atoms with Crippen LogP contribution in [0.4, 0.5) is 0 Å². The molecule has 3 heteroatoms. The first-order chi connectivity index (χ1) is 11.3. The fourth-order valence-corrected chi connectivity index (χ4v) is 3.40. The van der Waals surface area contributed by atoms with Crippen LogP contribution in [0.15, 0.2) is 66.7 Å². The molecule has 0 fully saturated rings. The molecule has 0 unspecified atom stereocenters. The maximum atomic E-state index is 4.79. The second-order valence-electron chi connectivity index (χ2n) is 5.91. The highest BCUT2D eigenvalue weighted by atomic mass is 15.1. The van der Waals surface area contributed by atoms with Crippen molar-refractivity contribution in [2.75, 3.05) is 0 Å². The van der Waals surface area contributed by atoms with Crippen LogP contribution in [0.3, 0.4) is 0 Å².